The molecule has 9 nitrogen and oxygen atoms in total. The second-order valence-electron chi connectivity index (χ2n) is 12.1. The Morgan fingerprint density at radius 3 is 2.49 bits per heavy atom. The molecule has 1 fully saturated rings. The van der Waals surface area contributed by atoms with Gasteiger partial charge < -0.3 is 19.4 Å². The molecule has 0 saturated carbocycles. The first kappa shape index (κ1) is 30.6. The van der Waals surface area contributed by atoms with Gasteiger partial charge in [0.15, 0.2) is 5.78 Å². The number of rotatable bonds is 11. The number of piperazine rings is 1. The number of methoxy groups -OCH3 is 1. The Balaban J connectivity index is 1.22. The number of carbonyl (C=O) groups excluding carboxylic acids is 1. The zero-order valence-electron chi connectivity index (χ0n) is 25.7. The molecule has 1 aliphatic rings. The summed E-state index contributed by atoms with van der Waals surface area (Å²) in [5.74, 6) is 1.52. The van der Waals surface area contributed by atoms with Crippen LogP contribution >= 0.6 is 0 Å². The van der Waals surface area contributed by atoms with Gasteiger partial charge in [0.05, 0.1) is 42.0 Å². The Bertz CT molecular complexity index is 1570. The Labute approximate surface area is 252 Å². The van der Waals surface area contributed by atoms with Gasteiger partial charge in [-0.25, -0.2) is 9.37 Å². The van der Waals surface area contributed by atoms with Gasteiger partial charge in [0.25, 0.3) is 0 Å². The van der Waals surface area contributed by atoms with E-state index in [-0.39, 0.29) is 23.4 Å². The van der Waals surface area contributed by atoms with Crippen LogP contribution in [0, 0.1) is 5.82 Å². The van der Waals surface area contributed by atoms with Gasteiger partial charge >= 0.3 is 0 Å². The monoisotopic (exact) mass is 588 g/mol. The van der Waals surface area contributed by atoms with Crippen molar-refractivity contribution in [2.24, 2.45) is 7.05 Å². The van der Waals surface area contributed by atoms with E-state index < -0.39 is 0 Å². The second-order valence-corrected chi connectivity index (χ2v) is 12.1. The molecule has 0 spiro atoms. The lowest BCUT2D eigenvalue weighted by Gasteiger charge is -2.34. The molecule has 3 heterocycles. The number of halogens is 1. The van der Waals surface area contributed by atoms with Crippen molar-refractivity contribution in [1.82, 2.24) is 24.3 Å². The molecule has 5 rings (SSSR count). The van der Waals surface area contributed by atoms with E-state index in [9.17, 15) is 9.18 Å². The first-order chi connectivity index (χ1) is 20.6. The van der Waals surface area contributed by atoms with Crippen molar-refractivity contribution in [2.75, 3.05) is 58.3 Å². The van der Waals surface area contributed by atoms with Crippen LogP contribution in [0.5, 0.6) is 11.5 Å². The van der Waals surface area contributed by atoms with E-state index in [0.29, 0.717) is 40.9 Å². The fourth-order valence-corrected chi connectivity index (χ4v) is 5.21. The normalized spacial score (nSPS) is 14.7. The van der Waals surface area contributed by atoms with Crippen LogP contribution in [0.3, 0.4) is 0 Å². The van der Waals surface area contributed by atoms with Crippen LogP contribution in [0.4, 0.5) is 16.0 Å². The smallest absolute Gasteiger partial charge is 0.208 e. The number of carbonyl (C=O) groups is 1. The number of hydrogen-bond donors (Lipinski definition) is 1. The third-order valence-electron chi connectivity index (χ3n) is 7.81. The highest BCUT2D eigenvalue weighted by Crippen LogP contribution is 2.31. The van der Waals surface area contributed by atoms with E-state index in [2.05, 4.69) is 40.9 Å². The van der Waals surface area contributed by atoms with E-state index in [1.165, 1.54) is 6.07 Å². The van der Waals surface area contributed by atoms with E-state index in [4.69, 9.17) is 14.5 Å². The standard InChI is InChI=1S/C33H41FN6O3/c1-33(2,3)23-6-8-28(34)29(18-23)36-32-37-30-21-26(7-9-31(30)38(32)4)43-27-10-11-35-24(20-27)19-25(41)22-40-14-12-39(13-15-40)16-17-42-5/h6-11,18,20-21H,12-17,19,22H2,1-5H3,(H,36,37). The molecule has 2 aromatic heterocycles. The summed E-state index contributed by atoms with van der Waals surface area (Å²) in [6.45, 7) is 12.0. The molecule has 4 aromatic rings. The zero-order chi connectivity index (χ0) is 30.6. The number of hydrogen-bond acceptors (Lipinski definition) is 8. The molecule has 1 saturated heterocycles. The predicted octanol–water partition coefficient (Wildman–Crippen LogP) is 5.32. The minimum atomic E-state index is -0.337. The Morgan fingerprint density at radius 1 is 1.00 bits per heavy atom. The highest BCUT2D eigenvalue weighted by molar-refractivity contribution is 5.83. The van der Waals surface area contributed by atoms with Crippen LogP contribution in [-0.4, -0.2) is 83.1 Å². The largest absolute Gasteiger partial charge is 0.457 e. The molecule has 10 heteroatoms. The van der Waals surface area contributed by atoms with E-state index >= 15 is 0 Å². The molecular formula is C33H41FN6O3. The summed E-state index contributed by atoms with van der Waals surface area (Å²) in [7, 11) is 3.60. The number of benzene rings is 2. The van der Waals surface area contributed by atoms with Crippen molar-refractivity contribution in [3.05, 3.63) is 71.8 Å². The molecular weight excluding hydrogens is 547 g/mol. The first-order valence-corrected chi connectivity index (χ1v) is 14.7. The highest BCUT2D eigenvalue weighted by atomic mass is 19.1. The van der Waals surface area contributed by atoms with Gasteiger partial charge in [0.1, 0.15) is 17.3 Å². The number of anilines is 2. The van der Waals surface area contributed by atoms with E-state index in [1.807, 2.05) is 41.9 Å². The topological polar surface area (TPSA) is 84.8 Å². The van der Waals surface area contributed by atoms with Crippen LogP contribution in [-0.2, 0) is 28.4 Å². The number of aromatic nitrogens is 3. The van der Waals surface area contributed by atoms with Crippen molar-refractivity contribution in [3.63, 3.8) is 0 Å². The molecule has 2 aromatic carbocycles. The van der Waals surface area contributed by atoms with Crippen molar-refractivity contribution in [2.45, 2.75) is 32.6 Å². The van der Waals surface area contributed by atoms with Gasteiger partial charge in [-0.15, -0.1) is 0 Å². The summed E-state index contributed by atoms with van der Waals surface area (Å²) in [6, 6.07) is 14.3. The van der Waals surface area contributed by atoms with Gasteiger partial charge in [-0.2, -0.15) is 0 Å². The molecule has 0 aliphatic carbocycles. The fourth-order valence-electron chi connectivity index (χ4n) is 5.21. The van der Waals surface area contributed by atoms with Gasteiger partial charge in [0, 0.05) is 65.2 Å². The number of imidazole rings is 1. The lowest BCUT2D eigenvalue weighted by molar-refractivity contribution is -0.120. The third-order valence-corrected chi connectivity index (χ3v) is 7.81. The van der Waals surface area contributed by atoms with Gasteiger partial charge in [0.2, 0.25) is 5.95 Å². The average Bonchev–Trinajstić information content (AvgIpc) is 3.27. The minimum absolute atomic E-state index is 0.108. The zero-order valence-corrected chi connectivity index (χ0v) is 25.7. The SMILES string of the molecule is COCCN1CCN(CC(=O)Cc2cc(Oc3ccc4c(c3)nc(Nc3cc(C(C)(C)C)ccc3F)n4C)ccn2)CC1. The summed E-state index contributed by atoms with van der Waals surface area (Å²) in [4.78, 5) is 26.5. The maximum atomic E-state index is 14.7. The molecule has 1 aliphatic heterocycles. The van der Waals surface area contributed by atoms with Gasteiger partial charge in [-0.3, -0.25) is 19.6 Å². The van der Waals surface area contributed by atoms with E-state index in [0.717, 1.165) is 50.4 Å². The van der Waals surface area contributed by atoms with Crippen LogP contribution < -0.4 is 10.1 Å². The minimum Gasteiger partial charge on any atom is -0.457 e. The second kappa shape index (κ2) is 13.2. The summed E-state index contributed by atoms with van der Waals surface area (Å²) in [5.41, 5.74) is 3.56. The maximum absolute atomic E-state index is 14.7. The van der Waals surface area contributed by atoms with Gasteiger partial charge in [-0.1, -0.05) is 26.8 Å². The molecule has 0 amide bonds. The molecule has 0 atom stereocenters. The lowest BCUT2D eigenvalue weighted by atomic mass is 9.87. The Kier molecular flexibility index (Phi) is 9.39. The van der Waals surface area contributed by atoms with Crippen molar-refractivity contribution in [1.29, 1.82) is 0 Å². The number of nitrogens with zero attached hydrogens (tertiary/aromatic N) is 5. The molecule has 0 radical (unpaired) electrons. The number of nitrogens with one attached hydrogen (secondary N) is 1. The van der Waals surface area contributed by atoms with Crippen LogP contribution in [0.2, 0.25) is 0 Å². The van der Waals surface area contributed by atoms with Gasteiger partial charge in [-0.05, 0) is 41.3 Å². The number of Topliss-reactive ketones (excluding diaryl/α,β-unsaturated/α-hetero) is 1. The Morgan fingerprint density at radius 2 is 1.74 bits per heavy atom. The lowest BCUT2D eigenvalue weighted by Crippen LogP contribution is -2.48. The molecule has 0 bridgehead atoms. The number of ether oxygens (including phenoxy) is 2. The maximum Gasteiger partial charge on any atom is 0.208 e. The Hall–Kier alpha value is -3.86. The number of ketones is 1. The van der Waals surface area contributed by atoms with Crippen molar-refractivity contribution >= 4 is 28.5 Å². The van der Waals surface area contributed by atoms with E-state index in [1.54, 1.807) is 25.4 Å². The predicted molar refractivity (Wildman–Crippen MR) is 167 cm³/mol. The number of aryl methyl sites for hydroxylation is 1. The number of fused-ring (bicyclic) bond motifs is 1. The van der Waals surface area contributed by atoms with Crippen molar-refractivity contribution < 1.29 is 18.7 Å². The molecule has 1 N–H and O–H groups in total. The number of pyridine rings is 1. The summed E-state index contributed by atoms with van der Waals surface area (Å²) in [6.07, 6.45) is 1.91. The summed E-state index contributed by atoms with van der Waals surface area (Å²) in [5, 5.41) is 3.16. The van der Waals surface area contributed by atoms with Crippen LogP contribution in [0.25, 0.3) is 11.0 Å². The summed E-state index contributed by atoms with van der Waals surface area (Å²) >= 11 is 0. The molecule has 0 unspecified atom stereocenters. The molecule has 228 valence electrons. The van der Waals surface area contributed by atoms with Crippen molar-refractivity contribution in [3.8, 4) is 11.5 Å². The fraction of sp³-hybridized carbons (Fsp3) is 0.424. The third kappa shape index (κ3) is 7.76. The average molecular weight is 589 g/mol. The first-order valence-electron chi connectivity index (χ1n) is 14.7. The summed E-state index contributed by atoms with van der Waals surface area (Å²) < 4.78 is 27.9. The highest BCUT2D eigenvalue weighted by Gasteiger charge is 2.20. The van der Waals surface area contributed by atoms with Crippen LogP contribution in [0.15, 0.2) is 54.7 Å². The van der Waals surface area contributed by atoms with Crippen LogP contribution in [0.1, 0.15) is 32.0 Å². The quantitative estimate of drug-likeness (QED) is 0.252. The molecule has 43 heavy (non-hydrogen) atoms.